The Hall–Kier alpha value is -2.67. The van der Waals surface area contributed by atoms with Crippen LogP contribution in [0.15, 0.2) is 46.1 Å². The summed E-state index contributed by atoms with van der Waals surface area (Å²) in [6.45, 7) is 1.80. The highest BCUT2D eigenvalue weighted by Gasteiger charge is 2.34. The first-order valence-electron chi connectivity index (χ1n) is 8.69. The average Bonchev–Trinajstić information content (AvgIpc) is 2.68. The summed E-state index contributed by atoms with van der Waals surface area (Å²) in [5.41, 5.74) is 0.344. The molecular formula is C19H23N3O4. The molecule has 3 rings (SSSR count). The third-order valence-corrected chi connectivity index (χ3v) is 5.06. The summed E-state index contributed by atoms with van der Waals surface area (Å²) in [6, 6.07) is 10.1. The van der Waals surface area contributed by atoms with E-state index in [0.29, 0.717) is 19.8 Å². The molecule has 2 N–H and O–H groups in total. The van der Waals surface area contributed by atoms with E-state index in [1.165, 1.54) is 18.8 Å². The number of rotatable bonds is 5. The molecule has 0 bridgehead atoms. The molecule has 138 valence electrons. The van der Waals surface area contributed by atoms with Crippen LogP contribution in [-0.4, -0.2) is 35.2 Å². The van der Waals surface area contributed by atoms with Crippen LogP contribution < -0.4 is 16.6 Å². The van der Waals surface area contributed by atoms with Crippen molar-refractivity contribution in [2.24, 2.45) is 7.05 Å². The molecule has 1 aromatic carbocycles. The monoisotopic (exact) mass is 357 g/mol. The smallest absolute Gasteiger partial charge is 0.328 e. The van der Waals surface area contributed by atoms with Gasteiger partial charge < -0.3 is 15.0 Å². The van der Waals surface area contributed by atoms with Crippen LogP contribution in [0.2, 0.25) is 0 Å². The van der Waals surface area contributed by atoms with Crippen LogP contribution in [0.5, 0.6) is 0 Å². The number of hydrogen-bond donors (Lipinski definition) is 2. The van der Waals surface area contributed by atoms with Crippen molar-refractivity contribution >= 4 is 5.91 Å². The molecule has 1 saturated heterocycles. The van der Waals surface area contributed by atoms with Crippen LogP contribution in [0.1, 0.15) is 24.0 Å². The van der Waals surface area contributed by atoms with Gasteiger partial charge in [0.1, 0.15) is 0 Å². The van der Waals surface area contributed by atoms with Crippen molar-refractivity contribution in [3.05, 3.63) is 68.5 Å². The van der Waals surface area contributed by atoms with Crippen molar-refractivity contribution < 1.29 is 9.53 Å². The number of H-pyrrole nitrogens is 1. The molecule has 0 radical (unpaired) electrons. The lowest BCUT2D eigenvalue weighted by atomic mass is 9.74. The largest absolute Gasteiger partial charge is 0.381 e. The Morgan fingerprint density at radius 3 is 2.62 bits per heavy atom. The number of hydrogen-bond acceptors (Lipinski definition) is 4. The van der Waals surface area contributed by atoms with E-state index in [1.807, 2.05) is 18.2 Å². The highest BCUT2D eigenvalue weighted by atomic mass is 16.5. The van der Waals surface area contributed by atoms with Crippen LogP contribution in [0, 0.1) is 0 Å². The number of carbonyl (C=O) groups is 1. The molecule has 1 amide bonds. The highest BCUT2D eigenvalue weighted by Crippen LogP contribution is 2.34. The molecule has 0 atom stereocenters. The summed E-state index contributed by atoms with van der Waals surface area (Å²) < 4.78 is 6.46. The average molecular weight is 357 g/mol. The minimum atomic E-state index is -0.496. The number of benzene rings is 1. The van der Waals surface area contributed by atoms with Crippen molar-refractivity contribution in [2.45, 2.75) is 24.7 Å². The number of nitrogens with one attached hydrogen (secondary N) is 2. The van der Waals surface area contributed by atoms with Gasteiger partial charge in [-0.05, 0) is 18.4 Å². The van der Waals surface area contributed by atoms with Gasteiger partial charge in [0, 0.05) is 44.0 Å². The number of nitrogens with zero attached hydrogens (tertiary/aromatic N) is 1. The Bertz CT molecular complexity index is 880. The number of ether oxygens (including phenoxy) is 1. The van der Waals surface area contributed by atoms with Crippen molar-refractivity contribution in [3.63, 3.8) is 0 Å². The van der Waals surface area contributed by atoms with E-state index in [4.69, 9.17) is 4.74 Å². The third kappa shape index (κ3) is 3.77. The fourth-order valence-electron chi connectivity index (χ4n) is 3.37. The lowest BCUT2D eigenvalue weighted by molar-refractivity contribution is -0.121. The Balaban J connectivity index is 1.72. The molecule has 0 saturated carbocycles. The van der Waals surface area contributed by atoms with E-state index in [9.17, 15) is 14.4 Å². The van der Waals surface area contributed by atoms with E-state index in [2.05, 4.69) is 22.4 Å². The van der Waals surface area contributed by atoms with Gasteiger partial charge in [-0.25, -0.2) is 4.79 Å². The third-order valence-electron chi connectivity index (χ3n) is 5.06. The molecule has 7 heteroatoms. The molecule has 2 aromatic rings. The predicted molar refractivity (Wildman–Crippen MR) is 97.2 cm³/mol. The molecule has 1 aliphatic heterocycles. The van der Waals surface area contributed by atoms with Crippen LogP contribution in [0.25, 0.3) is 0 Å². The van der Waals surface area contributed by atoms with Gasteiger partial charge >= 0.3 is 5.69 Å². The second-order valence-corrected chi connectivity index (χ2v) is 6.70. The first-order chi connectivity index (χ1) is 12.5. The Morgan fingerprint density at radius 1 is 1.23 bits per heavy atom. The predicted octanol–water partition coefficient (Wildman–Crippen LogP) is 0.481. The molecular weight excluding hydrogens is 334 g/mol. The van der Waals surface area contributed by atoms with Gasteiger partial charge in [0.15, 0.2) is 0 Å². The summed E-state index contributed by atoms with van der Waals surface area (Å²) >= 11 is 0. The quantitative estimate of drug-likeness (QED) is 0.814. The Morgan fingerprint density at radius 2 is 1.92 bits per heavy atom. The van der Waals surface area contributed by atoms with E-state index < -0.39 is 11.2 Å². The van der Waals surface area contributed by atoms with Crippen LogP contribution in [0.3, 0.4) is 0 Å². The Kier molecular flexibility index (Phi) is 5.37. The van der Waals surface area contributed by atoms with Crippen molar-refractivity contribution in [1.82, 2.24) is 14.9 Å². The van der Waals surface area contributed by atoms with Gasteiger partial charge in [-0.2, -0.15) is 0 Å². The number of carbonyl (C=O) groups excluding carboxylic acids is 1. The van der Waals surface area contributed by atoms with Crippen LogP contribution in [-0.2, 0) is 28.4 Å². The topological polar surface area (TPSA) is 93.2 Å². The summed E-state index contributed by atoms with van der Waals surface area (Å²) in [6.07, 6.45) is 2.91. The molecule has 0 spiro atoms. The SMILES string of the molecule is Cn1c(=O)[nH]cc(CC(=O)NCC2(c3ccccc3)CCOCC2)c1=O. The minimum absolute atomic E-state index is 0.0647. The van der Waals surface area contributed by atoms with Gasteiger partial charge in [0.2, 0.25) is 5.91 Å². The number of aromatic nitrogens is 2. The minimum Gasteiger partial charge on any atom is -0.381 e. The number of aromatic amines is 1. The van der Waals surface area contributed by atoms with Crippen LogP contribution >= 0.6 is 0 Å². The van der Waals surface area contributed by atoms with E-state index in [1.54, 1.807) is 0 Å². The molecule has 1 aromatic heterocycles. The normalized spacial score (nSPS) is 16.2. The van der Waals surface area contributed by atoms with Crippen molar-refractivity contribution in [2.75, 3.05) is 19.8 Å². The zero-order chi connectivity index (χ0) is 18.6. The standard InChI is InChI=1S/C19H23N3O4/c1-22-17(24)14(12-20-18(22)25)11-16(23)21-13-19(7-9-26-10-8-19)15-5-3-2-4-6-15/h2-6,12H,7-11,13H2,1H3,(H,20,25)(H,21,23). The lowest BCUT2D eigenvalue weighted by Gasteiger charge is -2.38. The van der Waals surface area contributed by atoms with Gasteiger partial charge in [0.25, 0.3) is 5.56 Å². The maximum absolute atomic E-state index is 12.4. The first kappa shape index (κ1) is 18.1. The highest BCUT2D eigenvalue weighted by molar-refractivity contribution is 5.78. The van der Waals surface area contributed by atoms with Crippen LogP contribution in [0.4, 0.5) is 0 Å². The maximum Gasteiger partial charge on any atom is 0.328 e. The Labute approximate surface area is 151 Å². The van der Waals surface area contributed by atoms with Crippen molar-refractivity contribution in [1.29, 1.82) is 0 Å². The van der Waals surface area contributed by atoms with E-state index in [-0.39, 0.29) is 23.3 Å². The molecule has 0 aliphatic carbocycles. The van der Waals surface area contributed by atoms with Crippen molar-refractivity contribution in [3.8, 4) is 0 Å². The second-order valence-electron chi connectivity index (χ2n) is 6.70. The fraction of sp³-hybridized carbons (Fsp3) is 0.421. The van der Waals surface area contributed by atoms with Gasteiger partial charge in [-0.15, -0.1) is 0 Å². The second kappa shape index (κ2) is 7.70. The molecule has 7 nitrogen and oxygen atoms in total. The molecule has 26 heavy (non-hydrogen) atoms. The zero-order valence-corrected chi connectivity index (χ0v) is 14.8. The fourth-order valence-corrected chi connectivity index (χ4v) is 3.37. The van der Waals surface area contributed by atoms with Gasteiger partial charge in [-0.3, -0.25) is 14.2 Å². The molecule has 1 fully saturated rings. The molecule has 0 unspecified atom stereocenters. The molecule has 2 heterocycles. The summed E-state index contributed by atoms with van der Waals surface area (Å²) in [4.78, 5) is 38.3. The molecule has 1 aliphatic rings. The maximum atomic E-state index is 12.4. The number of amides is 1. The zero-order valence-electron chi connectivity index (χ0n) is 14.8. The lowest BCUT2D eigenvalue weighted by Crippen LogP contribution is -2.45. The van der Waals surface area contributed by atoms with E-state index >= 15 is 0 Å². The first-order valence-corrected chi connectivity index (χ1v) is 8.69. The van der Waals surface area contributed by atoms with Gasteiger partial charge in [-0.1, -0.05) is 30.3 Å². The summed E-state index contributed by atoms with van der Waals surface area (Å²) in [7, 11) is 1.38. The summed E-state index contributed by atoms with van der Waals surface area (Å²) in [5.74, 6) is -0.240. The van der Waals surface area contributed by atoms with Gasteiger partial charge in [0.05, 0.1) is 6.42 Å². The summed E-state index contributed by atoms with van der Waals surface area (Å²) in [5, 5.41) is 2.97. The van der Waals surface area contributed by atoms with E-state index in [0.717, 1.165) is 17.4 Å².